The van der Waals surface area contributed by atoms with Crippen LogP contribution in [0.4, 0.5) is 5.82 Å². The highest BCUT2D eigenvalue weighted by Gasteiger charge is 2.13. The highest BCUT2D eigenvalue weighted by atomic mass is 16.1. The van der Waals surface area contributed by atoms with Crippen LogP contribution in [0.15, 0.2) is 17.2 Å². The van der Waals surface area contributed by atoms with E-state index < -0.39 is 0 Å². The summed E-state index contributed by atoms with van der Waals surface area (Å²) in [6, 6.07) is 0.228. The summed E-state index contributed by atoms with van der Waals surface area (Å²) in [7, 11) is 0. The Morgan fingerprint density at radius 3 is 2.37 bits per heavy atom. The summed E-state index contributed by atoms with van der Waals surface area (Å²) in [5.41, 5.74) is 6.70. The molecule has 2 heterocycles. The molecule has 7 heteroatoms. The summed E-state index contributed by atoms with van der Waals surface area (Å²) >= 11 is 0. The van der Waals surface area contributed by atoms with Crippen LogP contribution in [0.25, 0.3) is 11.3 Å². The Morgan fingerprint density at radius 2 is 1.84 bits per heavy atom. The molecule has 0 aliphatic carbocycles. The number of nitrogen functional groups attached to an aromatic ring is 1. The van der Waals surface area contributed by atoms with Gasteiger partial charge in [-0.3, -0.25) is 4.57 Å². The molecule has 0 aliphatic heterocycles. The number of anilines is 1. The van der Waals surface area contributed by atoms with Crippen LogP contribution >= 0.6 is 0 Å². The third kappa shape index (κ3) is 2.49. The van der Waals surface area contributed by atoms with Crippen LogP contribution in [0.5, 0.6) is 0 Å². The van der Waals surface area contributed by atoms with Gasteiger partial charge in [0.15, 0.2) is 0 Å². The minimum absolute atomic E-state index is 0.0134. The van der Waals surface area contributed by atoms with Crippen LogP contribution in [-0.2, 0) is 0 Å². The highest BCUT2D eigenvalue weighted by molar-refractivity contribution is 5.68. The van der Waals surface area contributed by atoms with E-state index in [9.17, 15) is 4.79 Å². The second-order valence-corrected chi connectivity index (χ2v) is 5.00. The minimum atomic E-state index is -0.354. The van der Waals surface area contributed by atoms with Gasteiger partial charge in [-0.2, -0.15) is 4.98 Å². The summed E-state index contributed by atoms with van der Waals surface area (Å²) in [6.07, 6.45) is 3.48. The fourth-order valence-corrected chi connectivity index (χ4v) is 1.70. The molecular weight excluding hydrogens is 244 g/mol. The molecule has 7 nitrogen and oxygen atoms in total. The van der Waals surface area contributed by atoms with Gasteiger partial charge in [0.1, 0.15) is 11.5 Å². The molecule has 2 aromatic rings. The molecule has 0 unspecified atom stereocenters. The molecule has 0 saturated carbocycles. The summed E-state index contributed by atoms with van der Waals surface area (Å²) in [5, 5.41) is 8.10. The van der Waals surface area contributed by atoms with E-state index in [0.29, 0.717) is 11.3 Å². The van der Waals surface area contributed by atoms with Gasteiger partial charge in [0.2, 0.25) is 0 Å². The number of nitrogens with zero attached hydrogens (tertiary/aromatic N) is 5. The maximum Gasteiger partial charge on any atom is 0.349 e. The van der Waals surface area contributed by atoms with E-state index in [0.717, 1.165) is 0 Å². The van der Waals surface area contributed by atoms with E-state index in [-0.39, 0.29) is 23.6 Å². The number of rotatable bonds is 3. The lowest BCUT2D eigenvalue weighted by atomic mass is 10.2. The third-order valence-corrected chi connectivity index (χ3v) is 2.85. The highest BCUT2D eigenvalue weighted by Crippen LogP contribution is 2.21. The Labute approximate surface area is 111 Å². The SMILES string of the molecule is CC(C)n1cc(-c2cn(C(C)C)c(=O)nc2N)nn1. The van der Waals surface area contributed by atoms with E-state index in [4.69, 9.17) is 5.73 Å². The maximum absolute atomic E-state index is 11.7. The van der Waals surface area contributed by atoms with Gasteiger partial charge in [0, 0.05) is 18.3 Å². The lowest BCUT2D eigenvalue weighted by Crippen LogP contribution is -2.25. The number of hydrogen-bond donors (Lipinski definition) is 1. The van der Waals surface area contributed by atoms with E-state index in [1.54, 1.807) is 17.1 Å². The van der Waals surface area contributed by atoms with Crippen LogP contribution in [0.2, 0.25) is 0 Å². The van der Waals surface area contributed by atoms with E-state index in [1.807, 2.05) is 27.7 Å². The molecule has 0 radical (unpaired) electrons. The number of aromatic nitrogens is 5. The van der Waals surface area contributed by atoms with Crippen LogP contribution in [0.3, 0.4) is 0 Å². The molecule has 102 valence electrons. The molecule has 2 rings (SSSR count). The molecule has 0 saturated heterocycles. The molecule has 0 aromatic carbocycles. The van der Waals surface area contributed by atoms with Crippen LogP contribution in [-0.4, -0.2) is 24.5 Å². The lowest BCUT2D eigenvalue weighted by molar-refractivity contribution is 0.514. The number of hydrogen-bond acceptors (Lipinski definition) is 5. The zero-order valence-corrected chi connectivity index (χ0v) is 11.5. The first-order valence-corrected chi connectivity index (χ1v) is 6.21. The molecule has 2 N–H and O–H groups in total. The summed E-state index contributed by atoms with van der Waals surface area (Å²) < 4.78 is 3.26. The fraction of sp³-hybridized carbons (Fsp3) is 0.500. The van der Waals surface area contributed by atoms with Crippen LogP contribution < -0.4 is 11.4 Å². The van der Waals surface area contributed by atoms with E-state index in [2.05, 4.69) is 15.3 Å². The second-order valence-electron chi connectivity index (χ2n) is 5.00. The van der Waals surface area contributed by atoms with Gasteiger partial charge < -0.3 is 5.73 Å². The third-order valence-electron chi connectivity index (χ3n) is 2.85. The predicted molar refractivity (Wildman–Crippen MR) is 72.7 cm³/mol. The lowest BCUT2D eigenvalue weighted by Gasteiger charge is -2.11. The van der Waals surface area contributed by atoms with Gasteiger partial charge in [-0.05, 0) is 27.7 Å². The molecule has 0 aliphatic rings. The fourth-order valence-electron chi connectivity index (χ4n) is 1.70. The predicted octanol–water partition coefficient (Wildman–Crippen LogP) is 1.25. The summed E-state index contributed by atoms with van der Waals surface area (Å²) in [5.74, 6) is 0.178. The van der Waals surface area contributed by atoms with Crippen molar-refractivity contribution in [1.29, 1.82) is 0 Å². The van der Waals surface area contributed by atoms with Gasteiger partial charge in [-0.1, -0.05) is 5.21 Å². The van der Waals surface area contributed by atoms with Gasteiger partial charge >= 0.3 is 5.69 Å². The first-order valence-electron chi connectivity index (χ1n) is 6.21. The first kappa shape index (κ1) is 13.3. The normalized spacial score (nSPS) is 11.5. The Morgan fingerprint density at radius 1 is 1.16 bits per heavy atom. The van der Waals surface area contributed by atoms with Crippen molar-refractivity contribution >= 4 is 5.82 Å². The monoisotopic (exact) mass is 262 g/mol. The van der Waals surface area contributed by atoms with Crippen LogP contribution in [0, 0.1) is 0 Å². The largest absolute Gasteiger partial charge is 0.383 e. The second kappa shape index (κ2) is 4.83. The molecule has 0 atom stereocenters. The van der Waals surface area contributed by atoms with Crippen molar-refractivity contribution in [2.75, 3.05) is 5.73 Å². The zero-order chi connectivity index (χ0) is 14.2. The summed E-state index contributed by atoms with van der Waals surface area (Å²) in [4.78, 5) is 15.5. The van der Waals surface area contributed by atoms with Gasteiger partial charge in [0.25, 0.3) is 0 Å². The molecular formula is C12H18N6O. The van der Waals surface area contributed by atoms with Crippen molar-refractivity contribution in [3.63, 3.8) is 0 Å². The molecule has 0 spiro atoms. The van der Waals surface area contributed by atoms with Gasteiger partial charge in [0.05, 0.1) is 11.8 Å². The van der Waals surface area contributed by atoms with Gasteiger partial charge in [-0.15, -0.1) is 5.10 Å². The standard InChI is InChI=1S/C12H18N6O/c1-7(2)17-5-9(11(13)14-12(17)19)10-6-18(8(3)4)16-15-10/h5-8H,1-4H3,(H2,13,14,19). The van der Waals surface area contributed by atoms with Crippen molar-refractivity contribution in [3.8, 4) is 11.3 Å². The average molecular weight is 262 g/mol. The van der Waals surface area contributed by atoms with Crippen molar-refractivity contribution in [3.05, 3.63) is 22.9 Å². The quantitative estimate of drug-likeness (QED) is 0.898. The summed E-state index contributed by atoms with van der Waals surface area (Å²) in [6.45, 7) is 7.84. The van der Waals surface area contributed by atoms with Crippen molar-refractivity contribution < 1.29 is 0 Å². The number of nitrogens with two attached hydrogens (primary N) is 1. The van der Waals surface area contributed by atoms with Crippen molar-refractivity contribution in [1.82, 2.24) is 24.5 Å². The van der Waals surface area contributed by atoms with Crippen molar-refractivity contribution in [2.45, 2.75) is 39.8 Å². The Hall–Kier alpha value is -2.18. The maximum atomic E-state index is 11.7. The molecule has 0 bridgehead atoms. The molecule has 2 aromatic heterocycles. The van der Waals surface area contributed by atoms with Crippen LogP contribution in [0.1, 0.15) is 39.8 Å². The first-order chi connectivity index (χ1) is 8.90. The Bertz CT molecular complexity index is 640. The molecule has 0 amide bonds. The van der Waals surface area contributed by atoms with Crippen molar-refractivity contribution in [2.24, 2.45) is 0 Å². The van der Waals surface area contributed by atoms with E-state index in [1.165, 1.54) is 4.57 Å². The molecule has 0 fully saturated rings. The smallest absolute Gasteiger partial charge is 0.349 e. The average Bonchev–Trinajstić information content (AvgIpc) is 2.77. The van der Waals surface area contributed by atoms with Gasteiger partial charge in [-0.25, -0.2) is 9.48 Å². The topological polar surface area (TPSA) is 91.6 Å². The zero-order valence-electron chi connectivity index (χ0n) is 11.5. The Kier molecular flexibility index (Phi) is 3.37. The minimum Gasteiger partial charge on any atom is -0.383 e. The van der Waals surface area contributed by atoms with E-state index >= 15 is 0 Å². The molecule has 19 heavy (non-hydrogen) atoms. The Balaban J connectivity index is 2.54.